The van der Waals surface area contributed by atoms with E-state index in [9.17, 15) is 18.5 Å². The molecule has 2 heterocycles. The summed E-state index contributed by atoms with van der Waals surface area (Å²) < 4.78 is 34.8. The van der Waals surface area contributed by atoms with Crippen LogP contribution in [-0.2, 0) is 21.2 Å². The molecule has 1 amide bonds. The molecule has 0 fully saturated rings. The van der Waals surface area contributed by atoms with E-state index in [0.717, 1.165) is 40.0 Å². The Morgan fingerprint density at radius 2 is 2.00 bits per heavy atom. The highest BCUT2D eigenvalue weighted by atomic mass is 32.2. The van der Waals surface area contributed by atoms with Gasteiger partial charge in [-0.15, -0.1) is 0 Å². The molecular formula is C25H23N5O4S2. The molecule has 2 aromatic heterocycles. The Morgan fingerprint density at radius 3 is 2.69 bits per heavy atom. The number of para-hydroxylation sites is 1. The first-order valence-corrected chi connectivity index (χ1v) is 13.6. The number of nitriles is 1. The summed E-state index contributed by atoms with van der Waals surface area (Å²) in [5, 5.41) is 12.6. The third-order valence-corrected chi connectivity index (χ3v) is 7.12. The molecule has 0 bridgehead atoms. The summed E-state index contributed by atoms with van der Waals surface area (Å²) in [6.07, 6.45) is 4.34. The highest BCUT2D eigenvalue weighted by molar-refractivity contribution is 7.90. The van der Waals surface area contributed by atoms with Crippen LogP contribution in [0.5, 0.6) is 5.75 Å². The Balaban J connectivity index is 1.54. The van der Waals surface area contributed by atoms with Crippen molar-refractivity contribution in [1.29, 1.82) is 5.26 Å². The van der Waals surface area contributed by atoms with Crippen LogP contribution in [0.3, 0.4) is 0 Å². The maximum Gasteiger partial charge on any atom is 0.268 e. The van der Waals surface area contributed by atoms with E-state index in [1.54, 1.807) is 0 Å². The number of fused-ring (bicyclic) bond motifs is 1. The molecule has 1 N–H and O–H groups in total. The van der Waals surface area contributed by atoms with Gasteiger partial charge >= 0.3 is 0 Å². The molecule has 0 aliphatic carbocycles. The minimum absolute atomic E-state index is 0.00695. The first-order chi connectivity index (χ1) is 17.2. The Labute approximate surface area is 212 Å². The second kappa shape index (κ2) is 10.3. The topological polar surface area (TPSA) is 127 Å². The van der Waals surface area contributed by atoms with E-state index in [-0.39, 0.29) is 15.9 Å². The second-order valence-electron chi connectivity index (χ2n) is 8.17. The van der Waals surface area contributed by atoms with E-state index < -0.39 is 15.7 Å². The van der Waals surface area contributed by atoms with Gasteiger partial charge < -0.3 is 9.30 Å². The smallest absolute Gasteiger partial charge is 0.268 e. The summed E-state index contributed by atoms with van der Waals surface area (Å²) >= 11 is 0.728. The molecule has 36 heavy (non-hydrogen) atoms. The molecule has 0 saturated heterocycles. The summed E-state index contributed by atoms with van der Waals surface area (Å²) in [4.78, 5) is 16.5. The van der Waals surface area contributed by atoms with Crippen LogP contribution in [0, 0.1) is 25.2 Å². The monoisotopic (exact) mass is 521 g/mol. The standard InChI is InChI=1S/C25H23N5O4S2/c1-16-8-9-20(12-17(16)2)34-11-10-30-15-19(21-6-4-5-7-22(21)30)13-18(14-26)23(31)27-24-28-25(29-35-24)36(3,32)33/h4-9,12-13,15H,10-11H2,1-3H3,(H,27,28,29,31)/b18-13-. The normalized spacial score (nSPS) is 11.9. The second-order valence-corrected chi connectivity index (χ2v) is 10.8. The minimum atomic E-state index is -3.60. The summed E-state index contributed by atoms with van der Waals surface area (Å²) in [7, 11) is -3.60. The quantitative estimate of drug-likeness (QED) is 0.273. The molecule has 0 aliphatic heterocycles. The Morgan fingerprint density at radius 1 is 1.22 bits per heavy atom. The van der Waals surface area contributed by atoms with Gasteiger partial charge in [0.15, 0.2) is 0 Å². The zero-order valence-corrected chi connectivity index (χ0v) is 21.5. The SMILES string of the molecule is Cc1ccc(OCCn2cc(/C=C(/C#N)C(=O)Nc3nc(S(C)(=O)=O)ns3)c3ccccc32)cc1C. The Kier molecular flexibility index (Phi) is 7.19. The van der Waals surface area contributed by atoms with E-state index in [1.165, 1.54) is 11.6 Å². The van der Waals surface area contributed by atoms with Crippen molar-refractivity contribution < 1.29 is 17.9 Å². The molecule has 184 valence electrons. The van der Waals surface area contributed by atoms with Gasteiger partial charge in [0, 0.05) is 40.5 Å². The average molecular weight is 522 g/mol. The average Bonchev–Trinajstić information content (AvgIpc) is 3.45. The van der Waals surface area contributed by atoms with Crippen molar-refractivity contribution in [3.63, 3.8) is 0 Å². The molecule has 2 aromatic carbocycles. The van der Waals surface area contributed by atoms with Gasteiger partial charge in [-0.25, -0.2) is 8.42 Å². The predicted molar refractivity (Wildman–Crippen MR) is 139 cm³/mol. The van der Waals surface area contributed by atoms with Gasteiger partial charge in [0.25, 0.3) is 11.1 Å². The fraction of sp³-hybridized carbons (Fsp3) is 0.200. The van der Waals surface area contributed by atoms with Gasteiger partial charge in [-0.1, -0.05) is 24.3 Å². The molecule has 0 radical (unpaired) electrons. The number of rotatable bonds is 8. The summed E-state index contributed by atoms with van der Waals surface area (Å²) in [6, 6.07) is 15.6. The number of carbonyl (C=O) groups excluding carboxylic acids is 1. The highest BCUT2D eigenvalue weighted by Gasteiger charge is 2.18. The van der Waals surface area contributed by atoms with Gasteiger partial charge in [-0.3, -0.25) is 10.1 Å². The van der Waals surface area contributed by atoms with Crippen LogP contribution >= 0.6 is 11.5 Å². The summed E-state index contributed by atoms with van der Waals surface area (Å²) in [5.41, 5.74) is 3.84. The van der Waals surface area contributed by atoms with Gasteiger partial charge in [0.1, 0.15) is 24.0 Å². The molecular weight excluding hydrogens is 498 g/mol. The van der Waals surface area contributed by atoms with Crippen LogP contribution in [-0.4, -0.2) is 41.1 Å². The molecule has 4 rings (SSSR count). The number of aromatic nitrogens is 3. The summed E-state index contributed by atoms with van der Waals surface area (Å²) in [6.45, 7) is 5.10. The molecule has 11 heteroatoms. The number of ether oxygens (including phenoxy) is 1. The molecule has 0 saturated carbocycles. The van der Waals surface area contributed by atoms with Crippen LogP contribution in [0.2, 0.25) is 0 Å². The van der Waals surface area contributed by atoms with Crippen molar-refractivity contribution in [3.8, 4) is 11.8 Å². The van der Waals surface area contributed by atoms with Crippen molar-refractivity contribution in [3.05, 3.63) is 70.9 Å². The van der Waals surface area contributed by atoms with Crippen LogP contribution < -0.4 is 10.1 Å². The Hall–Kier alpha value is -4.01. The number of aryl methyl sites for hydroxylation is 2. The summed E-state index contributed by atoms with van der Waals surface area (Å²) in [5.74, 6) is 0.0948. The molecule has 0 aliphatic rings. The number of hydrogen-bond acceptors (Lipinski definition) is 8. The number of hydrogen-bond donors (Lipinski definition) is 1. The van der Waals surface area contributed by atoms with E-state index in [4.69, 9.17) is 4.74 Å². The first kappa shape index (κ1) is 25.1. The number of amides is 1. The van der Waals surface area contributed by atoms with E-state index in [2.05, 4.69) is 21.6 Å². The van der Waals surface area contributed by atoms with Crippen LogP contribution in [0.1, 0.15) is 16.7 Å². The van der Waals surface area contributed by atoms with Gasteiger partial charge in [-0.2, -0.15) is 14.6 Å². The van der Waals surface area contributed by atoms with Gasteiger partial charge in [-0.05, 0) is 49.2 Å². The van der Waals surface area contributed by atoms with Crippen molar-refractivity contribution >= 4 is 49.4 Å². The fourth-order valence-electron chi connectivity index (χ4n) is 3.52. The molecule has 4 aromatic rings. The maximum atomic E-state index is 12.7. The van der Waals surface area contributed by atoms with Crippen molar-refractivity contribution in [2.75, 3.05) is 18.2 Å². The minimum Gasteiger partial charge on any atom is -0.492 e. The van der Waals surface area contributed by atoms with Crippen LogP contribution in [0.25, 0.3) is 17.0 Å². The van der Waals surface area contributed by atoms with Crippen molar-refractivity contribution in [2.45, 2.75) is 25.5 Å². The molecule has 0 atom stereocenters. The van der Waals surface area contributed by atoms with E-state index in [0.29, 0.717) is 18.7 Å². The highest BCUT2D eigenvalue weighted by Crippen LogP contribution is 2.25. The van der Waals surface area contributed by atoms with E-state index >= 15 is 0 Å². The molecule has 9 nitrogen and oxygen atoms in total. The number of carbonyl (C=O) groups is 1. The van der Waals surface area contributed by atoms with Crippen LogP contribution in [0.15, 0.2) is 59.4 Å². The lowest BCUT2D eigenvalue weighted by atomic mass is 10.1. The number of benzene rings is 2. The van der Waals surface area contributed by atoms with Gasteiger partial charge in [0.05, 0.1) is 6.54 Å². The number of nitrogens with zero attached hydrogens (tertiary/aromatic N) is 4. The molecule has 0 spiro atoms. The zero-order chi connectivity index (χ0) is 25.9. The zero-order valence-electron chi connectivity index (χ0n) is 19.8. The Bertz CT molecular complexity index is 1630. The third-order valence-electron chi connectivity index (χ3n) is 5.52. The first-order valence-electron chi connectivity index (χ1n) is 10.9. The molecule has 0 unspecified atom stereocenters. The van der Waals surface area contributed by atoms with Crippen molar-refractivity contribution in [1.82, 2.24) is 13.9 Å². The number of anilines is 1. The van der Waals surface area contributed by atoms with Gasteiger partial charge in [0.2, 0.25) is 15.0 Å². The van der Waals surface area contributed by atoms with Crippen molar-refractivity contribution in [2.24, 2.45) is 0 Å². The lowest BCUT2D eigenvalue weighted by Gasteiger charge is -2.10. The number of sulfone groups is 1. The lowest BCUT2D eigenvalue weighted by molar-refractivity contribution is -0.112. The number of nitrogens with one attached hydrogen (secondary N) is 1. The fourth-order valence-corrected chi connectivity index (χ4v) is 4.96. The third kappa shape index (κ3) is 5.62. The predicted octanol–water partition coefficient (Wildman–Crippen LogP) is 4.14. The maximum absolute atomic E-state index is 12.7. The largest absolute Gasteiger partial charge is 0.492 e. The van der Waals surface area contributed by atoms with E-state index in [1.807, 2.05) is 66.2 Å². The van der Waals surface area contributed by atoms with Crippen LogP contribution in [0.4, 0.5) is 5.13 Å². The lowest BCUT2D eigenvalue weighted by Crippen LogP contribution is -2.13.